The van der Waals surface area contributed by atoms with Gasteiger partial charge < -0.3 is 19.7 Å². The van der Waals surface area contributed by atoms with Crippen LogP contribution in [0.1, 0.15) is 16.8 Å². The molecule has 2 aliphatic rings. The number of carbonyl (C=O) groups is 2. The van der Waals surface area contributed by atoms with E-state index in [-0.39, 0.29) is 36.9 Å². The van der Waals surface area contributed by atoms with Gasteiger partial charge in [-0.1, -0.05) is 0 Å². The Bertz CT molecular complexity index is 837. The largest absolute Gasteiger partial charge is 0.454 e. The molecule has 2 amide bonds. The first kappa shape index (κ1) is 15.4. The summed E-state index contributed by atoms with van der Waals surface area (Å²) in [5.74, 6) is 0.390. The molecule has 1 fully saturated rings. The van der Waals surface area contributed by atoms with Crippen molar-refractivity contribution in [2.75, 3.05) is 18.2 Å². The van der Waals surface area contributed by atoms with Crippen LogP contribution in [0.2, 0.25) is 0 Å². The number of hydrogen-bond donors (Lipinski definition) is 1. The number of anilines is 1. The Hall–Kier alpha value is -3.09. The minimum atomic E-state index is -0.358. The van der Waals surface area contributed by atoms with E-state index < -0.39 is 0 Å². The third-order valence-electron chi connectivity index (χ3n) is 4.23. The van der Waals surface area contributed by atoms with Crippen LogP contribution in [0, 0.1) is 5.82 Å². The lowest BCUT2D eigenvalue weighted by atomic mass is 10.1. The van der Waals surface area contributed by atoms with Crippen LogP contribution in [-0.2, 0) is 4.79 Å². The van der Waals surface area contributed by atoms with Crippen molar-refractivity contribution < 1.29 is 23.5 Å². The molecule has 0 aromatic heterocycles. The molecule has 0 radical (unpaired) electrons. The van der Waals surface area contributed by atoms with Crippen LogP contribution in [-0.4, -0.2) is 31.2 Å². The van der Waals surface area contributed by atoms with E-state index in [9.17, 15) is 14.0 Å². The first-order valence-electron chi connectivity index (χ1n) is 7.86. The van der Waals surface area contributed by atoms with Crippen molar-refractivity contribution >= 4 is 17.5 Å². The molecule has 2 heterocycles. The molecule has 25 heavy (non-hydrogen) atoms. The van der Waals surface area contributed by atoms with E-state index in [4.69, 9.17) is 9.47 Å². The Balaban J connectivity index is 1.44. The highest BCUT2D eigenvalue weighted by Gasteiger charge is 2.32. The van der Waals surface area contributed by atoms with Crippen molar-refractivity contribution in [2.24, 2.45) is 0 Å². The monoisotopic (exact) mass is 342 g/mol. The second-order valence-corrected chi connectivity index (χ2v) is 5.92. The second kappa shape index (κ2) is 6.08. The molecule has 1 saturated heterocycles. The van der Waals surface area contributed by atoms with Crippen molar-refractivity contribution in [1.29, 1.82) is 0 Å². The summed E-state index contributed by atoms with van der Waals surface area (Å²) in [6.07, 6.45) is 0.202. The number of fused-ring (bicyclic) bond motifs is 1. The van der Waals surface area contributed by atoms with Gasteiger partial charge in [0.15, 0.2) is 11.5 Å². The molecule has 4 rings (SSSR count). The van der Waals surface area contributed by atoms with Crippen LogP contribution in [0.15, 0.2) is 42.5 Å². The van der Waals surface area contributed by atoms with Gasteiger partial charge in [-0.05, 0) is 42.5 Å². The average Bonchev–Trinajstić information content (AvgIpc) is 3.21. The molecular weight excluding hydrogens is 327 g/mol. The molecule has 0 spiro atoms. The Kier molecular flexibility index (Phi) is 3.76. The third-order valence-corrected chi connectivity index (χ3v) is 4.23. The van der Waals surface area contributed by atoms with Gasteiger partial charge in [0.05, 0.1) is 6.04 Å². The molecule has 1 atom stereocenters. The van der Waals surface area contributed by atoms with Crippen LogP contribution in [0.5, 0.6) is 11.5 Å². The summed E-state index contributed by atoms with van der Waals surface area (Å²) >= 11 is 0. The molecule has 7 heteroatoms. The van der Waals surface area contributed by atoms with Crippen LogP contribution in [0.25, 0.3) is 0 Å². The summed E-state index contributed by atoms with van der Waals surface area (Å²) in [5, 5.41) is 2.86. The van der Waals surface area contributed by atoms with Gasteiger partial charge in [-0.15, -0.1) is 0 Å². The average molecular weight is 342 g/mol. The Morgan fingerprint density at radius 1 is 1.12 bits per heavy atom. The summed E-state index contributed by atoms with van der Waals surface area (Å²) in [4.78, 5) is 26.1. The van der Waals surface area contributed by atoms with Gasteiger partial charge in [-0.3, -0.25) is 9.59 Å². The fourth-order valence-corrected chi connectivity index (χ4v) is 2.98. The fourth-order valence-electron chi connectivity index (χ4n) is 2.98. The van der Waals surface area contributed by atoms with Crippen LogP contribution in [0.4, 0.5) is 10.1 Å². The molecule has 6 nitrogen and oxygen atoms in total. The fraction of sp³-hybridized carbons (Fsp3) is 0.222. The standard InChI is InChI=1S/C18H15FN2O4/c19-12-2-4-14(5-3-12)21-9-13(8-17(21)22)20-18(23)11-1-6-15-16(7-11)25-10-24-15/h1-7,13H,8-10H2,(H,20,23). The number of benzene rings is 2. The maximum atomic E-state index is 13.0. The third kappa shape index (κ3) is 3.00. The molecule has 0 saturated carbocycles. The second-order valence-electron chi connectivity index (χ2n) is 5.92. The lowest BCUT2D eigenvalue weighted by Crippen LogP contribution is -2.37. The molecule has 1 unspecified atom stereocenters. The molecular formula is C18H15FN2O4. The highest BCUT2D eigenvalue weighted by atomic mass is 19.1. The van der Waals surface area contributed by atoms with E-state index in [0.717, 1.165) is 0 Å². The highest BCUT2D eigenvalue weighted by molar-refractivity contribution is 5.99. The molecule has 2 aromatic rings. The smallest absolute Gasteiger partial charge is 0.251 e. The highest BCUT2D eigenvalue weighted by Crippen LogP contribution is 2.32. The normalized spacial score (nSPS) is 18.5. The number of ether oxygens (including phenoxy) is 2. The number of halogens is 1. The molecule has 128 valence electrons. The van der Waals surface area contributed by atoms with Gasteiger partial charge in [-0.2, -0.15) is 0 Å². The number of amides is 2. The lowest BCUT2D eigenvalue weighted by molar-refractivity contribution is -0.117. The van der Waals surface area contributed by atoms with Gasteiger partial charge >= 0.3 is 0 Å². The van der Waals surface area contributed by atoms with Gasteiger partial charge in [-0.25, -0.2) is 4.39 Å². The number of nitrogens with zero attached hydrogens (tertiary/aromatic N) is 1. The number of rotatable bonds is 3. The number of hydrogen-bond acceptors (Lipinski definition) is 4. The maximum Gasteiger partial charge on any atom is 0.251 e. The van der Waals surface area contributed by atoms with Crippen LogP contribution >= 0.6 is 0 Å². The molecule has 2 aliphatic heterocycles. The predicted molar refractivity (Wildman–Crippen MR) is 87.2 cm³/mol. The number of carbonyl (C=O) groups excluding carboxylic acids is 2. The predicted octanol–water partition coefficient (Wildman–Crippen LogP) is 2.09. The van der Waals surface area contributed by atoms with E-state index in [0.29, 0.717) is 29.3 Å². The zero-order valence-corrected chi connectivity index (χ0v) is 13.2. The van der Waals surface area contributed by atoms with Gasteiger partial charge in [0.25, 0.3) is 5.91 Å². The van der Waals surface area contributed by atoms with Gasteiger partial charge in [0.1, 0.15) is 5.82 Å². The summed E-state index contributed by atoms with van der Waals surface area (Å²) in [7, 11) is 0. The minimum absolute atomic E-state index is 0.109. The van der Waals surface area contributed by atoms with Crippen molar-refractivity contribution in [3.05, 3.63) is 53.8 Å². The maximum absolute atomic E-state index is 13.0. The minimum Gasteiger partial charge on any atom is -0.454 e. The van der Waals surface area contributed by atoms with Crippen molar-refractivity contribution in [2.45, 2.75) is 12.5 Å². The van der Waals surface area contributed by atoms with E-state index >= 15 is 0 Å². The Labute approximate surface area is 143 Å². The van der Waals surface area contributed by atoms with E-state index in [1.165, 1.54) is 12.1 Å². The van der Waals surface area contributed by atoms with Crippen molar-refractivity contribution in [1.82, 2.24) is 5.32 Å². The van der Waals surface area contributed by atoms with Gasteiger partial charge in [0, 0.05) is 24.2 Å². The molecule has 1 N–H and O–H groups in total. The summed E-state index contributed by atoms with van der Waals surface area (Å²) < 4.78 is 23.5. The Morgan fingerprint density at radius 3 is 2.68 bits per heavy atom. The SMILES string of the molecule is O=C(NC1CC(=O)N(c2ccc(F)cc2)C1)c1ccc2c(c1)OCO2. The van der Waals surface area contributed by atoms with E-state index in [1.54, 1.807) is 35.2 Å². The van der Waals surface area contributed by atoms with Crippen LogP contribution in [0.3, 0.4) is 0 Å². The summed E-state index contributed by atoms with van der Waals surface area (Å²) in [6.45, 7) is 0.491. The zero-order valence-electron chi connectivity index (χ0n) is 13.2. The van der Waals surface area contributed by atoms with Crippen LogP contribution < -0.4 is 19.7 Å². The van der Waals surface area contributed by atoms with Crippen molar-refractivity contribution in [3.8, 4) is 11.5 Å². The zero-order chi connectivity index (χ0) is 17.4. The van der Waals surface area contributed by atoms with Gasteiger partial charge in [0.2, 0.25) is 12.7 Å². The lowest BCUT2D eigenvalue weighted by Gasteiger charge is -2.17. The van der Waals surface area contributed by atoms with E-state index in [2.05, 4.69) is 5.32 Å². The summed E-state index contributed by atoms with van der Waals surface area (Å²) in [6, 6.07) is 10.4. The molecule has 0 bridgehead atoms. The summed E-state index contributed by atoms with van der Waals surface area (Å²) in [5.41, 5.74) is 1.06. The van der Waals surface area contributed by atoms with Crippen molar-refractivity contribution in [3.63, 3.8) is 0 Å². The first-order chi connectivity index (χ1) is 12.1. The number of nitrogens with one attached hydrogen (secondary N) is 1. The Morgan fingerprint density at radius 2 is 1.88 bits per heavy atom. The first-order valence-corrected chi connectivity index (χ1v) is 7.86. The molecule has 0 aliphatic carbocycles. The quantitative estimate of drug-likeness (QED) is 0.927. The molecule has 2 aromatic carbocycles. The topological polar surface area (TPSA) is 67.9 Å². The van der Waals surface area contributed by atoms with E-state index in [1.807, 2.05) is 0 Å².